The molecule has 4 rings (SSSR count). The molecule has 1 N–H and O–H groups in total. The summed E-state index contributed by atoms with van der Waals surface area (Å²) in [5, 5.41) is 2.85. The zero-order valence-electron chi connectivity index (χ0n) is 11.4. The Morgan fingerprint density at radius 2 is 1.82 bits per heavy atom. The van der Waals surface area contributed by atoms with Crippen molar-refractivity contribution in [1.29, 1.82) is 0 Å². The molecule has 1 aliphatic rings. The Morgan fingerprint density at radius 1 is 1.00 bits per heavy atom. The summed E-state index contributed by atoms with van der Waals surface area (Å²) >= 11 is 1.13. The van der Waals surface area contributed by atoms with Crippen molar-refractivity contribution >= 4 is 34.4 Å². The number of rotatable bonds is 2. The molecule has 0 aliphatic carbocycles. The normalized spacial score (nSPS) is 13.1. The third kappa shape index (κ3) is 2.35. The van der Waals surface area contributed by atoms with Gasteiger partial charge in [0.05, 0.1) is 11.7 Å². The Bertz CT molecular complexity index is 862. The summed E-state index contributed by atoms with van der Waals surface area (Å²) in [6.07, 6.45) is 0. The minimum Gasteiger partial charge on any atom is -0.486 e. The lowest BCUT2D eigenvalue weighted by atomic mass is 10.2. The van der Waals surface area contributed by atoms with Crippen LogP contribution in [0.2, 0.25) is 0 Å². The molecule has 0 unspecified atom stereocenters. The smallest absolute Gasteiger partial charge is 0.255 e. The van der Waals surface area contributed by atoms with Gasteiger partial charge in [-0.15, -0.1) is 0 Å². The van der Waals surface area contributed by atoms with Crippen LogP contribution in [0.3, 0.4) is 0 Å². The molecule has 6 nitrogen and oxygen atoms in total. The van der Waals surface area contributed by atoms with E-state index >= 15 is 0 Å². The Hall–Kier alpha value is -2.67. The number of anilines is 1. The van der Waals surface area contributed by atoms with Gasteiger partial charge in [-0.05, 0) is 30.3 Å². The lowest BCUT2D eigenvalue weighted by molar-refractivity contribution is 0.102. The molecule has 110 valence electrons. The van der Waals surface area contributed by atoms with Gasteiger partial charge in [-0.1, -0.05) is 0 Å². The molecule has 0 radical (unpaired) electrons. The maximum atomic E-state index is 12.3. The van der Waals surface area contributed by atoms with E-state index in [2.05, 4.69) is 14.1 Å². The number of fused-ring (bicyclic) bond motifs is 2. The Labute approximate surface area is 130 Å². The van der Waals surface area contributed by atoms with Gasteiger partial charge in [-0.25, -0.2) is 0 Å². The van der Waals surface area contributed by atoms with Crippen molar-refractivity contribution in [3.63, 3.8) is 0 Å². The summed E-state index contributed by atoms with van der Waals surface area (Å²) in [6, 6.07) is 10.6. The van der Waals surface area contributed by atoms with Gasteiger partial charge in [0.1, 0.15) is 24.2 Å². The van der Waals surface area contributed by atoms with Crippen LogP contribution in [-0.2, 0) is 0 Å². The maximum Gasteiger partial charge on any atom is 0.255 e. The zero-order chi connectivity index (χ0) is 14.9. The average Bonchev–Trinajstić information content (AvgIpc) is 3.02. The van der Waals surface area contributed by atoms with E-state index < -0.39 is 0 Å². The highest BCUT2D eigenvalue weighted by Crippen LogP contribution is 2.32. The second-order valence-electron chi connectivity index (χ2n) is 4.78. The van der Waals surface area contributed by atoms with Crippen molar-refractivity contribution in [3.05, 3.63) is 42.0 Å². The highest BCUT2D eigenvalue weighted by molar-refractivity contribution is 7.00. The van der Waals surface area contributed by atoms with Crippen molar-refractivity contribution in [2.45, 2.75) is 0 Å². The van der Waals surface area contributed by atoms with E-state index in [0.29, 0.717) is 36.0 Å². The Balaban J connectivity index is 1.58. The number of amides is 1. The molecule has 0 saturated carbocycles. The number of carbonyl (C=O) groups excluding carboxylic acids is 1. The van der Waals surface area contributed by atoms with Crippen molar-refractivity contribution < 1.29 is 14.3 Å². The van der Waals surface area contributed by atoms with Crippen LogP contribution in [0.5, 0.6) is 11.5 Å². The quantitative estimate of drug-likeness (QED) is 0.787. The van der Waals surface area contributed by atoms with Crippen molar-refractivity contribution in [2.75, 3.05) is 18.5 Å². The van der Waals surface area contributed by atoms with Crippen LogP contribution in [0.25, 0.3) is 11.0 Å². The lowest BCUT2D eigenvalue weighted by Gasteiger charge is -2.19. The van der Waals surface area contributed by atoms with E-state index in [1.165, 1.54) is 0 Å². The van der Waals surface area contributed by atoms with Crippen LogP contribution in [-0.4, -0.2) is 27.9 Å². The molecular formula is C15H11N3O3S. The van der Waals surface area contributed by atoms with Gasteiger partial charge in [0.15, 0.2) is 11.5 Å². The molecule has 0 fully saturated rings. The fourth-order valence-corrected chi connectivity index (χ4v) is 2.77. The molecule has 1 aliphatic heterocycles. The van der Waals surface area contributed by atoms with E-state index in [1.54, 1.807) is 36.4 Å². The zero-order valence-corrected chi connectivity index (χ0v) is 12.2. The fraction of sp³-hybridized carbons (Fsp3) is 0.133. The van der Waals surface area contributed by atoms with E-state index in [0.717, 1.165) is 22.8 Å². The molecule has 22 heavy (non-hydrogen) atoms. The Morgan fingerprint density at radius 3 is 2.73 bits per heavy atom. The third-order valence-corrected chi connectivity index (χ3v) is 3.87. The van der Waals surface area contributed by atoms with Crippen LogP contribution in [0.4, 0.5) is 5.69 Å². The summed E-state index contributed by atoms with van der Waals surface area (Å²) in [5.41, 5.74) is 2.71. The van der Waals surface area contributed by atoms with Crippen molar-refractivity contribution in [1.82, 2.24) is 8.75 Å². The molecule has 7 heteroatoms. The molecule has 2 heterocycles. The lowest BCUT2D eigenvalue weighted by Crippen LogP contribution is -2.16. The summed E-state index contributed by atoms with van der Waals surface area (Å²) < 4.78 is 19.2. The largest absolute Gasteiger partial charge is 0.486 e. The molecule has 1 amide bonds. The first-order chi connectivity index (χ1) is 10.8. The van der Waals surface area contributed by atoms with Gasteiger partial charge in [0.2, 0.25) is 0 Å². The number of ether oxygens (including phenoxy) is 2. The van der Waals surface area contributed by atoms with Gasteiger partial charge in [-0.2, -0.15) is 8.75 Å². The predicted molar refractivity (Wildman–Crippen MR) is 82.8 cm³/mol. The molecule has 0 spiro atoms. The number of nitrogens with zero attached hydrogens (tertiary/aromatic N) is 2. The first-order valence-corrected chi connectivity index (χ1v) is 7.46. The van der Waals surface area contributed by atoms with Crippen LogP contribution in [0, 0.1) is 0 Å². The van der Waals surface area contributed by atoms with Gasteiger partial charge in [0, 0.05) is 17.3 Å². The monoisotopic (exact) mass is 313 g/mol. The highest BCUT2D eigenvalue weighted by atomic mass is 32.1. The number of carbonyl (C=O) groups is 1. The number of nitrogens with one attached hydrogen (secondary N) is 1. The van der Waals surface area contributed by atoms with Crippen LogP contribution in [0.1, 0.15) is 10.4 Å². The highest BCUT2D eigenvalue weighted by Gasteiger charge is 2.14. The maximum absolute atomic E-state index is 12.3. The first kappa shape index (κ1) is 13.0. The summed E-state index contributed by atoms with van der Waals surface area (Å²) in [7, 11) is 0. The van der Waals surface area contributed by atoms with Gasteiger partial charge in [-0.3, -0.25) is 4.79 Å². The van der Waals surface area contributed by atoms with Crippen molar-refractivity contribution in [3.8, 4) is 11.5 Å². The van der Waals surface area contributed by atoms with Gasteiger partial charge < -0.3 is 14.8 Å². The number of hydrogen-bond donors (Lipinski definition) is 1. The minimum atomic E-state index is -0.202. The SMILES string of the molecule is O=C(Nc1ccc2c(c1)OCCO2)c1ccc2nsnc2c1. The van der Waals surface area contributed by atoms with E-state index in [4.69, 9.17) is 9.47 Å². The first-order valence-electron chi connectivity index (χ1n) is 6.73. The average molecular weight is 313 g/mol. The van der Waals surface area contributed by atoms with Gasteiger partial charge >= 0.3 is 0 Å². The minimum absolute atomic E-state index is 0.202. The van der Waals surface area contributed by atoms with E-state index in [-0.39, 0.29) is 5.91 Å². The van der Waals surface area contributed by atoms with Crippen LogP contribution < -0.4 is 14.8 Å². The molecule has 3 aromatic rings. The van der Waals surface area contributed by atoms with Crippen LogP contribution >= 0.6 is 11.7 Å². The van der Waals surface area contributed by atoms with E-state index in [1.807, 2.05) is 0 Å². The topological polar surface area (TPSA) is 73.3 Å². The summed E-state index contributed by atoms with van der Waals surface area (Å²) in [6.45, 7) is 1.05. The van der Waals surface area contributed by atoms with Crippen LogP contribution in [0.15, 0.2) is 36.4 Å². The summed E-state index contributed by atoms with van der Waals surface area (Å²) in [4.78, 5) is 12.3. The van der Waals surface area contributed by atoms with Gasteiger partial charge in [0.25, 0.3) is 5.91 Å². The Kier molecular flexibility index (Phi) is 3.12. The third-order valence-electron chi connectivity index (χ3n) is 3.32. The number of benzene rings is 2. The number of aromatic nitrogens is 2. The molecule has 0 saturated heterocycles. The number of hydrogen-bond acceptors (Lipinski definition) is 6. The van der Waals surface area contributed by atoms with Crippen molar-refractivity contribution in [2.24, 2.45) is 0 Å². The molecule has 2 aromatic carbocycles. The molecule has 1 aromatic heterocycles. The molecule has 0 atom stereocenters. The van der Waals surface area contributed by atoms with E-state index in [9.17, 15) is 4.79 Å². The molecular weight excluding hydrogens is 302 g/mol. The standard InChI is InChI=1S/C15H11N3O3S/c19-15(9-1-3-11-12(7-9)18-22-17-11)16-10-2-4-13-14(8-10)21-6-5-20-13/h1-4,7-8H,5-6H2,(H,16,19). The molecule has 0 bridgehead atoms. The second-order valence-corrected chi connectivity index (χ2v) is 5.31. The predicted octanol–water partition coefficient (Wildman–Crippen LogP) is 2.71. The summed E-state index contributed by atoms with van der Waals surface area (Å²) in [5.74, 6) is 1.13. The second kappa shape index (κ2) is 5.27. The fourth-order valence-electron chi connectivity index (χ4n) is 2.25.